The third-order valence-corrected chi connectivity index (χ3v) is 6.31. The first-order chi connectivity index (χ1) is 16.0. The molecule has 0 bridgehead atoms. The molecule has 2 aliphatic rings. The number of ketones is 1. The Bertz CT molecular complexity index is 1420. The highest BCUT2D eigenvalue weighted by Gasteiger charge is 2.59. The number of carbonyl (C=O) groups excluding carboxylic acids is 2. The van der Waals surface area contributed by atoms with Crippen molar-refractivity contribution in [2.45, 2.75) is 5.41 Å². The molecule has 0 radical (unpaired) electrons. The van der Waals surface area contributed by atoms with Crippen LogP contribution in [-0.2, 0) is 14.9 Å². The van der Waals surface area contributed by atoms with Crippen LogP contribution < -0.4 is 11.1 Å². The Labute approximate surface area is 198 Å². The number of halogens is 1. The fraction of sp³-hybridized carbons (Fsp3) is 0.0385. The van der Waals surface area contributed by atoms with Crippen LogP contribution in [0.3, 0.4) is 0 Å². The monoisotopic (exact) mass is 497 g/mol. The van der Waals surface area contributed by atoms with Gasteiger partial charge in [-0.15, -0.1) is 0 Å². The van der Waals surface area contributed by atoms with E-state index in [9.17, 15) is 14.9 Å². The number of nitriles is 1. The molecule has 0 saturated carbocycles. The van der Waals surface area contributed by atoms with Crippen LogP contribution in [0.4, 0.5) is 5.69 Å². The van der Waals surface area contributed by atoms with E-state index in [1.165, 1.54) is 0 Å². The lowest BCUT2D eigenvalue weighted by atomic mass is 9.66. The molecule has 0 aliphatic carbocycles. The molecular weight excluding hydrogens is 482 g/mol. The van der Waals surface area contributed by atoms with Gasteiger partial charge in [0.15, 0.2) is 5.78 Å². The number of ether oxygens (including phenoxy) is 1. The number of fused-ring (bicyclic) bond motifs is 2. The number of rotatable bonds is 3. The lowest BCUT2D eigenvalue weighted by molar-refractivity contribution is -0.118. The Balaban J connectivity index is 1.93. The first-order valence-corrected chi connectivity index (χ1v) is 10.9. The van der Waals surface area contributed by atoms with E-state index in [1.807, 2.05) is 6.07 Å². The Morgan fingerprint density at radius 2 is 1.70 bits per heavy atom. The van der Waals surface area contributed by atoms with Crippen molar-refractivity contribution < 1.29 is 14.3 Å². The molecule has 0 aromatic heterocycles. The summed E-state index contributed by atoms with van der Waals surface area (Å²) in [7, 11) is 0. The summed E-state index contributed by atoms with van der Waals surface area (Å²) in [6.07, 6.45) is 0. The number of nitrogens with two attached hydrogens (primary N) is 1. The van der Waals surface area contributed by atoms with Crippen molar-refractivity contribution in [3.8, 4) is 6.07 Å². The van der Waals surface area contributed by atoms with Gasteiger partial charge in [0, 0.05) is 26.9 Å². The predicted octanol–water partition coefficient (Wildman–Crippen LogP) is 4.66. The summed E-state index contributed by atoms with van der Waals surface area (Å²) < 4.78 is 6.60. The highest BCUT2D eigenvalue weighted by Crippen LogP contribution is 2.54. The lowest BCUT2D eigenvalue weighted by Crippen LogP contribution is -2.45. The van der Waals surface area contributed by atoms with Crippen molar-refractivity contribution in [1.82, 2.24) is 0 Å². The van der Waals surface area contributed by atoms with E-state index in [1.54, 1.807) is 72.8 Å². The number of hydrogen-bond donors (Lipinski definition) is 2. The van der Waals surface area contributed by atoms with Gasteiger partial charge in [0.2, 0.25) is 11.8 Å². The van der Waals surface area contributed by atoms with Crippen LogP contribution in [0.5, 0.6) is 0 Å². The van der Waals surface area contributed by atoms with E-state index < -0.39 is 17.1 Å². The maximum atomic E-state index is 14.1. The smallest absolute Gasteiger partial charge is 0.245 e. The van der Waals surface area contributed by atoms with Gasteiger partial charge in [0.25, 0.3) is 0 Å². The topological polar surface area (TPSA) is 105 Å². The van der Waals surface area contributed by atoms with E-state index in [0.29, 0.717) is 26.9 Å². The molecule has 2 aliphatic heterocycles. The standard InChI is InChI=1S/C26H16BrN3O3/c27-17-11-12-20-18(13-17)26(25(32)30-20)19(14-28)24(29)33-23(16-9-5-2-6-10-16)21(26)22(31)15-7-3-1-4-8-15/h1-13H,29H2,(H,30,32). The Kier molecular flexibility index (Phi) is 4.88. The largest absolute Gasteiger partial charge is 0.439 e. The van der Waals surface area contributed by atoms with Crippen LogP contribution in [0, 0.1) is 11.3 Å². The molecule has 6 nitrogen and oxygen atoms in total. The fourth-order valence-corrected chi connectivity index (χ4v) is 4.76. The van der Waals surface area contributed by atoms with Gasteiger partial charge in [0.05, 0.1) is 5.57 Å². The van der Waals surface area contributed by atoms with E-state index in [-0.39, 0.29) is 22.8 Å². The molecule has 160 valence electrons. The molecule has 7 heteroatoms. The molecular formula is C26H16BrN3O3. The number of benzene rings is 3. The molecule has 1 unspecified atom stereocenters. The highest BCUT2D eigenvalue weighted by atomic mass is 79.9. The SMILES string of the molecule is N#CC1=C(N)OC(c2ccccc2)=C(C(=O)c2ccccc2)C12C(=O)Nc1ccc(Br)cc12. The molecule has 1 spiro atoms. The summed E-state index contributed by atoms with van der Waals surface area (Å²) in [5.74, 6) is -1.04. The van der Waals surface area contributed by atoms with E-state index >= 15 is 0 Å². The number of nitrogens with one attached hydrogen (secondary N) is 1. The second-order valence-corrected chi connectivity index (χ2v) is 8.53. The zero-order valence-corrected chi connectivity index (χ0v) is 18.7. The minimum absolute atomic E-state index is 0.0417. The molecule has 3 aromatic rings. The number of Topliss-reactive ketones (excluding diaryl/α,β-unsaturated/α-hetero) is 1. The van der Waals surface area contributed by atoms with Crippen molar-refractivity contribution in [3.05, 3.63) is 117 Å². The Morgan fingerprint density at radius 3 is 2.36 bits per heavy atom. The summed E-state index contributed by atoms with van der Waals surface area (Å²) in [6, 6.07) is 24.8. The number of amides is 1. The molecule has 3 aromatic carbocycles. The number of hydrogen-bond acceptors (Lipinski definition) is 5. The van der Waals surface area contributed by atoms with Crippen LogP contribution in [0.25, 0.3) is 5.76 Å². The first-order valence-electron chi connectivity index (χ1n) is 10.1. The van der Waals surface area contributed by atoms with E-state index in [4.69, 9.17) is 10.5 Å². The minimum Gasteiger partial charge on any atom is -0.439 e. The fourth-order valence-electron chi connectivity index (χ4n) is 4.40. The second kappa shape index (κ2) is 7.76. The molecule has 33 heavy (non-hydrogen) atoms. The molecule has 1 amide bonds. The zero-order valence-electron chi connectivity index (χ0n) is 17.1. The lowest BCUT2D eigenvalue weighted by Gasteiger charge is -2.35. The maximum Gasteiger partial charge on any atom is 0.245 e. The van der Waals surface area contributed by atoms with Crippen LogP contribution in [0.2, 0.25) is 0 Å². The molecule has 2 heterocycles. The molecule has 3 N–H and O–H groups in total. The van der Waals surface area contributed by atoms with Gasteiger partial charge in [-0.1, -0.05) is 76.6 Å². The maximum absolute atomic E-state index is 14.1. The zero-order chi connectivity index (χ0) is 23.2. The average molecular weight is 498 g/mol. The third-order valence-electron chi connectivity index (χ3n) is 5.82. The van der Waals surface area contributed by atoms with Crippen molar-refractivity contribution in [1.29, 1.82) is 5.26 Å². The minimum atomic E-state index is -1.77. The normalized spacial score (nSPS) is 19.1. The summed E-state index contributed by atoms with van der Waals surface area (Å²) in [6.45, 7) is 0. The summed E-state index contributed by atoms with van der Waals surface area (Å²) >= 11 is 3.45. The van der Waals surface area contributed by atoms with Gasteiger partial charge >= 0.3 is 0 Å². The Morgan fingerprint density at radius 1 is 1.03 bits per heavy atom. The molecule has 0 saturated heterocycles. The second-order valence-electron chi connectivity index (χ2n) is 7.61. The molecule has 1 atom stereocenters. The van der Waals surface area contributed by atoms with Gasteiger partial charge in [-0.3, -0.25) is 9.59 Å². The first kappa shape index (κ1) is 20.7. The van der Waals surface area contributed by atoms with Gasteiger partial charge in [-0.05, 0) is 18.2 Å². The molecule has 0 fully saturated rings. The third kappa shape index (κ3) is 2.99. The van der Waals surface area contributed by atoms with Crippen LogP contribution >= 0.6 is 15.9 Å². The van der Waals surface area contributed by atoms with Gasteiger partial charge in [0.1, 0.15) is 22.8 Å². The average Bonchev–Trinajstić information content (AvgIpc) is 3.11. The van der Waals surface area contributed by atoms with E-state index in [2.05, 4.69) is 27.3 Å². The van der Waals surface area contributed by atoms with Crippen LogP contribution in [0.1, 0.15) is 21.5 Å². The van der Waals surface area contributed by atoms with Gasteiger partial charge in [-0.25, -0.2) is 0 Å². The van der Waals surface area contributed by atoms with Crippen molar-refractivity contribution in [3.63, 3.8) is 0 Å². The van der Waals surface area contributed by atoms with Crippen molar-refractivity contribution in [2.75, 3.05) is 5.32 Å². The highest BCUT2D eigenvalue weighted by molar-refractivity contribution is 9.10. The summed E-state index contributed by atoms with van der Waals surface area (Å²) in [5.41, 5.74) is 6.25. The number of nitrogens with zero attached hydrogens (tertiary/aromatic N) is 1. The summed E-state index contributed by atoms with van der Waals surface area (Å²) in [5, 5.41) is 13.0. The van der Waals surface area contributed by atoms with Crippen molar-refractivity contribution >= 4 is 39.1 Å². The van der Waals surface area contributed by atoms with Gasteiger partial charge in [-0.2, -0.15) is 5.26 Å². The number of anilines is 1. The summed E-state index contributed by atoms with van der Waals surface area (Å²) in [4.78, 5) is 27.8. The number of carbonyl (C=O) groups is 2. The van der Waals surface area contributed by atoms with Crippen molar-refractivity contribution in [2.24, 2.45) is 5.73 Å². The van der Waals surface area contributed by atoms with Gasteiger partial charge < -0.3 is 15.8 Å². The van der Waals surface area contributed by atoms with E-state index in [0.717, 1.165) is 0 Å². The van der Waals surface area contributed by atoms with Crippen LogP contribution in [0.15, 0.2) is 100 Å². The Hall–Kier alpha value is -4.15. The van der Waals surface area contributed by atoms with Crippen LogP contribution in [-0.4, -0.2) is 11.7 Å². The quantitative estimate of drug-likeness (QED) is 0.512. The predicted molar refractivity (Wildman–Crippen MR) is 126 cm³/mol. The molecule has 5 rings (SSSR count).